The van der Waals surface area contributed by atoms with Crippen molar-refractivity contribution in [3.63, 3.8) is 0 Å². The van der Waals surface area contributed by atoms with Gasteiger partial charge < -0.3 is 9.80 Å². The van der Waals surface area contributed by atoms with Gasteiger partial charge in [-0.05, 0) is 43.2 Å². The van der Waals surface area contributed by atoms with Gasteiger partial charge in [-0.1, -0.05) is 35.6 Å². The van der Waals surface area contributed by atoms with Crippen molar-refractivity contribution in [1.29, 1.82) is 0 Å². The van der Waals surface area contributed by atoms with Gasteiger partial charge in [0.15, 0.2) is 15.0 Å². The van der Waals surface area contributed by atoms with E-state index in [1.54, 1.807) is 46.6 Å². The Balaban J connectivity index is 1.35. The predicted molar refractivity (Wildman–Crippen MR) is 121 cm³/mol. The monoisotopic (exact) mass is 443 g/mol. The number of benzene rings is 2. The van der Waals surface area contributed by atoms with Gasteiger partial charge in [0.05, 0.1) is 20.9 Å². The summed E-state index contributed by atoms with van der Waals surface area (Å²) in [5, 5.41) is 0.984. The number of piperazine rings is 1. The Bertz CT molecular complexity index is 1170. The molecule has 30 heavy (non-hydrogen) atoms. The highest BCUT2D eigenvalue weighted by Crippen LogP contribution is 2.32. The molecule has 8 heteroatoms. The van der Waals surface area contributed by atoms with Crippen LogP contribution in [-0.4, -0.2) is 56.1 Å². The van der Waals surface area contributed by atoms with Gasteiger partial charge in [-0.25, -0.2) is 13.4 Å². The minimum absolute atomic E-state index is 0.0108. The molecule has 1 aliphatic heterocycles. The van der Waals surface area contributed by atoms with Crippen molar-refractivity contribution in [2.24, 2.45) is 0 Å². The van der Waals surface area contributed by atoms with Crippen LogP contribution in [0.5, 0.6) is 0 Å². The third-order valence-electron chi connectivity index (χ3n) is 5.41. The lowest BCUT2D eigenvalue weighted by atomic mass is 10.1. The van der Waals surface area contributed by atoms with E-state index in [1.165, 1.54) is 15.8 Å². The van der Waals surface area contributed by atoms with Crippen LogP contribution < -0.4 is 4.90 Å². The van der Waals surface area contributed by atoms with Gasteiger partial charge in [-0.2, -0.15) is 0 Å². The van der Waals surface area contributed by atoms with Crippen molar-refractivity contribution >= 4 is 42.4 Å². The molecule has 0 unspecified atom stereocenters. The normalized spacial score (nSPS) is 15.0. The Kier molecular flexibility index (Phi) is 5.79. The fourth-order valence-electron chi connectivity index (χ4n) is 3.77. The number of carbonyl (C=O) groups excluding carboxylic acids is 1. The first kappa shape index (κ1) is 20.8. The van der Waals surface area contributed by atoms with Crippen molar-refractivity contribution in [3.8, 4) is 0 Å². The second kappa shape index (κ2) is 8.35. The Morgan fingerprint density at radius 3 is 2.47 bits per heavy atom. The summed E-state index contributed by atoms with van der Waals surface area (Å²) in [5.74, 6) is -0.267. The minimum Gasteiger partial charge on any atom is -0.345 e. The number of aryl methyl sites for hydroxylation is 2. The molecule has 1 amide bonds. The van der Waals surface area contributed by atoms with E-state index in [2.05, 4.69) is 30.9 Å². The van der Waals surface area contributed by atoms with Gasteiger partial charge in [-0.3, -0.25) is 4.79 Å². The quantitative estimate of drug-likeness (QED) is 0.604. The molecule has 1 aliphatic rings. The molecule has 0 aliphatic carbocycles. The highest BCUT2D eigenvalue weighted by atomic mass is 32.2. The summed E-state index contributed by atoms with van der Waals surface area (Å²) >= 11 is 1.69. The van der Waals surface area contributed by atoms with Gasteiger partial charge in [-0.15, -0.1) is 0 Å². The number of rotatable bonds is 5. The van der Waals surface area contributed by atoms with E-state index in [1.807, 2.05) is 0 Å². The van der Waals surface area contributed by atoms with E-state index in [-0.39, 0.29) is 23.0 Å². The zero-order valence-corrected chi connectivity index (χ0v) is 18.8. The van der Waals surface area contributed by atoms with Gasteiger partial charge in [0.1, 0.15) is 0 Å². The molecular weight excluding hydrogens is 418 g/mol. The number of fused-ring (bicyclic) bond motifs is 1. The van der Waals surface area contributed by atoms with Crippen LogP contribution in [0.3, 0.4) is 0 Å². The van der Waals surface area contributed by atoms with Crippen molar-refractivity contribution in [3.05, 3.63) is 53.6 Å². The SMILES string of the molecule is Cc1cc(C)c2nc(N3CCN(C(=O)CCS(=O)(=O)c4ccccc4)CC3)sc2c1. The number of amides is 1. The second-order valence-corrected chi connectivity index (χ2v) is 10.8. The number of nitrogens with zero attached hydrogens (tertiary/aromatic N) is 3. The first-order valence-electron chi connectivity index (χ1n) is 10.0. The van der Waals surface area contributed by atoms with Crippen LogP contribution in [0.2, 0.25) is 0 Å². The lowest BCUT2D eigenvalue weighted by Crippen LogP contribution is -2.49. The van der Waals surface area contributed by atoms with Crippen LogP contribution >= 0.6 is 11.3 Å². The number of thiazole rings is 1. The van der Waals surface area contributed by atoms with E-state index in [4.69, 9.17) is 4.98 Å². The summed E-state index contributed by atoms with van der Waals surface area (Å²) in [5.41, 5.74) is 3.46. The fraction of sp³-hybridized carbons (Fsp3) is 0.364. The summed E-state index contributed by atoms with van der Waals surface area (Å²) in [6, 6.07) is 12.6. The predicted octanol–water partition coefficient (Wildman–Crippen LogP) is 3.43. The maximum Gasteiger partial charge on any atom is 0.223 e. The topological polar surface area (TPSA) is 70.6 Å². The van der Waals surface area contributed by atoms with Crippen LogP contribution in [-0.2, 0) is 14.6 Å². The number of hydrogen-bond acceptors (Lipinski definition) is 6. The molecular formula is C22H25N3O3S2. The average molecular weight is 444 g/mol. The van der Waals surface area contributed by atoms with Crippen molar-refractivity contribution in [2.75, 3.05) is 36.8 Å². The van der Waals surface area contributed by atoms with E-state index in [0.717, 1.165) is 10.6 Å². The molecule has 0 atom stereocenters. The Morgan fingerprint density at radius 1 is 1.07 bits per heavy atom. The highest BCUT2D eigenvalue weighted by Gasteiger charge is 2.25. The molecule has 3 aromatic rings. The number of aromatic nitrogens is 1. The zero-order chi connectivity index (χ0) is 21.3. The molecule has 0 N–H and O–H groups in total. The molecule has 0 radical (unpaired) electrons. The molecule has 1 saturated heterocycles. The minimum atomic E-state index is -3.44. The van der Waals surface area contributed by atoms with Gasteiger partial charge >= 0.3 is 0 Å². The molecule has 2 heterocycles. The fourth-order valence-corrected chi connectivity index (χ4v) is 6.21. The summed E-state index contributed by atoms with van der Waals surface area (Å²) in [7, 11) is -3.44. The zero-order valence-electron chi connectivity index (χ0n) is 17.2. The third kappa shape index (κ3) is 4.34. The summed E-state index contributed by atoms with van der Waals surface area (Å²) < 4.78 is 26.0. The average Bonchev–Trinajstić information content (AvgIpc) is 3.17. The van der Waals surface area contributed by atoms with Crippen LogP contribution in [0, 0.1) is 13.8 Å². The van der Waals surface area contributed by atoms with Crippen LogP contribution in [0.4, 0.5) is 5.13 Å². The Morgan fingerprint density at radius 2 is 1.77 bits per heavy atom. The molecule has 6 nitrogen and oxygen atoms in total. The molecule has 4 rings (SSSR count). The Labute approximate surface area is 181 Å². The maximum atomic E-state index is 12.6. The van der Waals surface area contributed by atoms with E-state index in [9.17, 15) is 13.2 Å². The van der Waals surface area contributed by atoms with Crippen LogP contribution in [0.25, 0.3) is 10.2 Å². The maximum absolute atomic E-state index is 12.6. The van der Waals surface area contributed by atoms with Crippen LogP contribution in [0.15, 0.2) is 47.4 Å². The smallest absolute Gasteiger partial charge is 0.223 e. The summed E-state index contributed by atoms with van der Waals surface area (Å²) in [6.45, 7) is 6.74. The molecule has 0 bridgehead atoms. The molecule has 0 saturated carbocycles. The molecule has 2 aromatic carbocycles. The Hall–Kier alpha value is -2.45. The van der Waals surface area contributed by atoms with E-state index < -0.39 is 9.84 Å². The number of anilines is 1. The molecule has 1 aromatic heterocycles. The van der Waals surface area contributed by atoms with Crippen LogP contribution in [0.1, 0.15) is 17.5 Å². The molecule has 1 fully saturated rings. The van der Waals surface area contributed by atoms with E-state index >= 15 is 0 Å². The number of carbonyl (C=O) groups is 1. The van der Waals surface area contributed by atoms with Crippen molar-refractivity contribution in [2.45, 2.75) is 25.2 Å². The summed E-state index contributed by atoms with van der Waals surface area (Å²) in [6.07, 6.45) is 0.0108. The largest absolute Gasteiger partial charge is 0.345 e. The number of hydrogen-bond donors (Lipinski definition) is 0. The number of sulfone groups is 1. The van der Waals surface area contributed by atoms with Crippen molar-refractivity contribution < 1.29 is 13.2 Å². The van der Waals surface area contributed by atoms with Gasteiger partial charge in [0.25, 0.3) is 0 Å². The second-order valence-electron chi connectivity index (χ2n) is 7.67. The summed E-state index contributed by atoms with van der Waals surface area (Å²) in [4.78, 5) is 21.6. The van der Waals surface area contributed by atoms with Crippen molar-refractivity contribution in [1.82, 2.24) is 9.88 Å². The first-order valence-corrected chi connectivity index (χ1v) is 12.5. The first-order chi connectivity index (χ1) is 14.3. The third-order valence-corrected chi connectivity index (χ3v) is 8.20. The molecule has 158 valence electrons. The van der Waals surface area contributed by atoms with E-state index in [0.29, 0.717) is 26.2 Å². The molecule has 0 spiro atoms. The lowest BCUT2D eigenvalue weighted by molar-refractivity contribution is -0.131. The lowest BCUT2D eigenvalue weighted by Gasteiger charge is -2.34. The highest BCUT2D eigenvalue weighted by molar-refractivity contribution is 7.91. The van der Waals surface area contributed by atoms with Gasteiger partial charge in [0.2, 0.25) is 5.91 Å². The standard InChI is InChI=1S/C22H25N3O3S2/c1-16-14-17(2)21-19(15-16)29-22(23-21)25-11-9-24(10-12-25)20(26)8-13-30(27,28)18-6-4-3-5-7-18/h3-7,14-15H,8-13H2,1-2H3. The van der Waals surface area contributed by atoms with Gasteiger partial charge in [0, 0.05) is 32.6 Å².